The molecule has 0 heterocycles. The lowest BCUT2D eigenvalue weighted by molar-refractivity contribution is -0.162. The molecule has 192 valence electrons. The summed E-state index contributed by atoms with van der Waals surface area (Å²) < 4.78 is 9.24. The minimum Gasteiger partial charge on any atom is -0.468 e. The summed E-state index contributed by atoms with van der Waals surface area (Å²) in [6.07, 6.45) is -1.87. The summed E-state index contributed by atoms with van der Waals surface area (Å²) in [6.45, 7) is 1.33. The predicted octanol–water partition coefficient (Wildman–Crippen LogP) is 0.0870. The second kappa shape index (κ2) is 13.0. The van der Waals surface area contributed by atoms with E-state index in [0.29, 0.717) is 11.1 Å². The smallest absolute Gasteiger partial charge is 0.320 e. The number of carbonyl (C=O) groups excluding carboxylic acids is 5. The summed E-state index contributed by atoms with van der Waals surface area (Å²) >= 11 is 0. The van der Waals surface area contributed by atoms with E-state index in [1.165, 1.54) is 6.92 Å². The van der Waals surface area contributed by atoms with E-state index in [1.54, 1.807) is 60.7 Å². The van der Waals surface area contributed by atoms with E-state index in [9.17, 15) is 29.1 Å². The molecule has 11 nitrogen and oxygen atoms in total. The van der Waals surface area contributed by atoms with Gasteiger partial charge in [0.25, 0.3) is 11.8 Å². The molecule has 2 rings (SSSR count). The molecule has 2 aromatic carbocycles. The van der Waals surface area contributed by atoms with Crippen LogP contribution in [-0.2, 0) is 28.7 Å². The van der Waals surface area contributed by atoms with Crippen molar-refractivity contribution in [2.45, 2.75) is 25.1 Å². The lowest BCUT2D eigenvalue weighted by Crippen LogP contribution is -2.56. The van der Waals surface area contributed by atoms with Gasteiger partial charge in [0.05, 0.1) is 20.3 Å². The summed E-state index contributed by atoms with van der Waals surface area (Å²) in [6, 6.07) is 13.7. The number of esters is 2. The highest BCUT2D eigenvalue weighted by Gasteiger charge is 2.42. The summed E-state index contributed by atoms with van der Waals surface area (Å²) in [5, 5.41) is 15.8. The number of aliphatic hydroxyl groups is 1. The van der Waals surface area contributed by atoms with Crippen molar-refractivity contribution in [3.8, 4) is 0 Å². The summed E-state index contributed by atoms with van der Waals surface area (Å²) in [4.78, 5) is 62.3. The number of nitrogens with one attached hydrogen (secondary N) is 2. The lowest BCUT2D eigenvalue weighted by Gasteiger charge is -2.29. The van der Waals surface area contributed by atoms with Crippen LogP contribution in [0.15, 0.2) is 60.7 Å². The van der Waals surface area contributed by atoms with Gasteiger partial charge in [0.1, 0.15) is 6.04 Å². The van der Waals surface area contributed by atoms with Crippen LogP contribution in [0.2, 0.25) is 0 Å². The Hall–Kier alpha value is -4.25. The second-order valence-corrected chi connectivity index (χ2v) is 7.94. The standard InChI is InChI=1S/C25H29N3O8/c1-14(17(24(33)35-2)25(34)36-3)18(21(26)30)27-23(32)20(29)19(15-10-6-4-7-11-15)28-22(31)16-12-8-5-9-13-16/h4-14,17-20,29H,1-3H3,(H2,26,30)(H,27,32)(H,28,31)/t14-,18+,19+,20-/m1/s1. The molecule has 0 radical (unpaired) electrons. The third kappa shape index (κ3) is 6.89. The average molecular weight is 500 g/mol. The van der Waals surface area contributed by atoms with Gasteiger partial charge >= 0.3 is 11.9 Å². The number of nitrogens with two attached hydrogens (primary N) is 1. The van der Waals surface area contributed by atoms with Crippen molar-refractivity contribution in [3.63, 3.8) is 0 Å². The van der Waals surface area contributed by atoms with Crippen LogP contribution in [0, 0.1) is 11.8 Å². The van der Waals surface area contributed by atoms with E-state index >= 15 is 0 Å². The number of hydrogen-bond donors (Lipinski definition) is 4. The summed E-state index contributed by atoms with van der Waals surface area (Å²) in [5.41, 5.74) is 6.15. The van der Waals surface area contributed by atoms with Gasteiger partial charge in [-0.15, -0.1) is 0 Å². The zero-order valence-electron chi connectivity index (χ0n) is 20.0. The molecule has 0 unspecified atom stereocenters. The van der Waals surface area contributed by atoms with Gasteiger partial charge in [-0.05, 0) is 17.7 Å². The molecule has 0 spiro atoms. The first kappa shape index (κ1) is 28.0. The Morgan fingerprint density at radius 2 is 1.33 bits per heavy atom. The van der Waals surface area contributed by atoms with Gasteiger partial charge in [0, 0.05) is 11.5 Å². The molecule has 0 saturated carbocycles. The van der Waals surface area contributed by atoms with E-state index in [-0.39, 0.29) is 0 Å². The first-order valence-electron chi connectivity index (χ1n) is 11.0. The first-order valence-corrected chi connectivity index (χ1v) is 11.0. The predicted molar refractivity (Wildman–Crippen MR) is 127 cm³/mol. The first-order chi connectivity index (χ1) is 17.1. The fourth-order valence-electron chi connectivity index (χ4n) is 3.64. The third-order valence-electron chi connectivity index (χ3n) is 5.63. The van der Waals surface area contributed by atoms with Gasteiger partial charge in [-0.1, -0.05) is 55.5 Å². The number of hydrogen-bond acceptors (Lipinski definition) is 8. The molecule has 5 N–H and O–H groups in total. The SMILES string of the molecule is COC(=O)C(C(=O)OC)[C@@H](C)[C@H](NC(=O)[C@H](O)[C@@H](NC(=O)c1ccccc1)c1ccccc1)C(N)=O. The van der Waals surface area contributed by atoms with E-state index in [4.69, 9.17) is 5.73 Å². The van der Waals surface area contributed by atoms with Crippen molar-refractivity contribution in [1.82, 2.24) is 10.6 Å². The van der Waals surface area contributed by atoms with Crippen LogP contribution < -0.4 is 16.4 Å². The third-order valence-corrected chi connectivity index (χ3v) is 5.63. The molecule has 3 amide bonds. The Bertz CT molecular complexity index is 1060. The fraction of sp³-hybridized carbons (Fsp3) is 0.320. The molecule has 4 atom stereocenters. The number of ether oxygens (including phenoxy) is 2. The molecule has 0 bridgehead atoms. The van der Waals surface area contributed by atoms with Gasteiger partial charge in [0.15, 0.2) is 12.0 Å². The molecule has 11 heteroatoms. The number of aliphatic hydroxyl groups excluding tert-OH is 1. The van der Waals surface area contributed by atoms with Crippen LogP contribution in [0.1, 0.15) is 28.9 Å². The number of benzene rings is 2. The van der Waals surface area contributed by atoms with Crippen LogP contribution in [0.5, 0.6) is 0 Å². The minimum absolute atomic E-state index is 0.300. The topological polar surface area (TPSA) is 174 Å². The van der Waals surface area contributed by atoms with Crippen molar-refractivity contribution in [3.05, 3.63) is 71.8 Å². The molecular formula is C25H29N3O8. The van der Waals surface area contributed by atoms with Crippen molar-refractivity contribution in [2.75, 3.05) is 14.2 Å². The Labute approximate surface area is 208 Å². The van der Waals surface area contributed by atoms with Crippen LogP contribution in [0.25, 0.3) is 0 Å². The van der Waals surface area contributed by atoms with E-state index < -0.39 is 59.7 Å². The van der Waals surface area contributed by atoms with E-state index in [0.717, 1.165) is 14.2 Å². The van der Waals surface area contributed by atoms with Gasteiger partial charge in [-0.25, -0.2) is 0 Å². The highest BCUT2D eigenvalue weighted by Crippen LogP contribution is 2.22. The van der Waals surface area contributed by atoms with Crippen molar-refractivity contribution in [2.24, 2.45) is 17.6 Å². The van der Waals surface area contributed by atoms with Crippen molar-refractivity contribution in [1.29, 1.82) is 0 Å². The molecule has 0 aromatic heterocycles. The Kier molecular flexibility index (Phi) is 10.1. The van der Waals surface area contributed by atoms with Crippen molar-refractivity contribution >= 4 is 29.7 Å². The fourth-order valence-corrected chi connectivity index (χ4v) is 3.64. The molecule has 36 heavy (non-hydrogen) atoms. The highest BCUT2D eigenvalue weighted by molar-refractivity contribution is 5.97. The quantitative estimate of drug-likeness (QED) is 0.248. The maximum atomic E-state index is 13.0. The molecular weight excluding hydrogens is 470 g/mol. The largest absolute Gasteiger partial charge is 0.468 e. The monoisotopic (exact) mass is 499 g/mol. The highest BCUT2D eigenvalue weighted by atomic mass is 16.5. The molecule has 0 saturated heterocycles. The van der Waals surface area contributed by atoms with Gasteiger partial charge < -0.3 is 30.9 Å². The maximum absolute atomic E-state index is 13.0. The number of rotatable bonds is 11. The molecule has 0 aliphatic rings. The van der Waals surface area contributed by atoms with Crippen LogP contribution in [0.3, 0.4) is 0 Å². The van der Waals surface area contributed by atoms with Gasteiger partial charge in [-0.2, -0.15) is 0 Å². The van der Waals surface area contributed by atoms with Crippen molar-refractivity contribution < 1.29 is 38.6 Å². The van der Waals surface area contributed by atoms with Crippen LogP contribution in [0.4, 0.5) is 0 Å². The summed E-state index contributed by atoms with van der Waals surface area (Å²) in [7, 11) is 2.10. The number of primary amides is 1. The molecule has 0 aliphatic carbocycles. The Morgan fingerprint density at radius 1 is 0.833 bits per heavy atom. The number of methoxy groups -OCH3 is 2. The number of carbonyl (C=O) groups is 5. The maximum Gasteiger partial charge on any atom is 0.320 e. The second-order valence-electron chi connectivity index (χ2n) is 7.94. The Morgan fingerprint density at radius 3 is 1.81 bits per heavy atom. The lowest BCUT2D eigenvalue weighted by atomic mass is 9.86. The average Bonchev–Trinajstić information content (AvgIpc) is 2.90. The van der Waals surface area contributed by atoms with Gasteiger partial charge in [-0.3, -0.25) is 24.0 Å². The molecule has 0 aliphatic heterocycles. The molecule has 2 aromatic rings. The van der Waals surface area contributed by atoms with E-state index in [2.05, 4.69) is 20.1 Å². The Balaban J connectivity index is 2.32. The summed E-state index contributed by atoms with van der Waals surface area (Å²) in [5.74, 6) is -7.43. The zero-order valence-corrected chi connectivity index (χ0v) is 20.0. The minimum atomic E-state index is -1.87. The van der Waals surface area contributed by atoms with Crippen LogP contribution in [-0.4, -0.2) is 61.1 Å². The van der Waals surface area contributed by atoms with E-state index in [1.807, 2.05) is 0 Å². The number of amides is 3. The zero-order chi connectivity index (χ0) is 26.8. The normalized spacial score (nSPS) is 14.0. The van der Waals surface area contributed by atoms with Crippen LogP contribution >= 0.6 is 0 Å². The van der Waals surface area contributed by atoms with Gasteiger partial charge in [0.2, 0.25) is 5.91 Å². The molecule has 0 fully saturated rings.